The summed E-state index contributed by atoms with van der Waals surface area (Å²) in [5, 5.41) is 4.05. The Morgan fingerprint density at radius 1 is 1.44 bits per heavy atom. The maximum Gasteiger partial charge on any atom is 0.196 e. The maximum absolute atomic E-state index is 12.3. The zero-order valence-corrected chi connectivity index (χ0v) is 11.9. The molecule has 0 bridgehead atoms. The van der Waals surface area contributed by atoms with Gasteiger partial charge in [0.25, 0.3) is 0 Å². The van der Waals surface area contributed by atoms with E-state index in [1.54, 1.807) is 0 Å². The van der Waals surface area contributed by atoms with Crippen LogP contribution in [0, 0.1) is 5.92 Å². The summed E-state index contributed by atoms with van der Waals surface area (Å²) >= 11 is 0. The van der Waals surface area contributed by atoms with E-state index in [2.05, 4.69) is 5.10 Å². The fourth-order valence-electron chi connectivity index (χ4n) is 1.67. The van der Waals surface area contributed by atoms with E-state index in [4.69, 9.17) is 0 Å². The largest absolute Gasteiger partial charge is 0.298 e. The van der Waals surface area contributed by atoms with E-state index < -0.39 is 9.84 Å². The molecule has 1 heterocycles. The van der Waals surface area contributed by atoms with Crippen molar-refractivity contribution in [3.8, 4) is 0 Å². The summed E-state index contributed by atoms with van der Waals surface area (Å²) in [4.78, 5) is 10.9. The monoisotopic (exact) mass is 272 g/mol. The summed E-state index contributed by atoms with van der Waals surface area (Å²) in [6.45, 7) is 6.38. The number of nitrogens with zero attached hydrogens (tertiary/aromatic N) is 2. The number of aldehydes is 1. The van der Waals surface area contributed by atoms with E-state index in [9.17, 15) is 13.2 Å². The van der Waals surface area contributed by atoms with Gasteiger partial charge in [0.05, 0.1) is 17.5 Å². The summed E-state index contributed by atoms with van der Waals surface area (Å²) in [6, 6.07) is 0. The van der Waals surface area contributed by atoms with E-state index in [0.29, 0.717) is 25.2 Å². The Hall–Kier alpha value is -1.17. The summed E-state index contributed by atoms with van der Waals surface area (Å²) in [5.41, 5.74) is 0.159. The lowest BCUT2D eigenvalue weighted by Crippen LogP contribution is -2.16. The van der Waals surface area contributed by atoms with E-state index in [0.717, 1.165) is 6.42 Å². The fraction of sp³-hybridized carbons (Fsp3) is 0.667. The van der Waals surface area contributed by atoms with Crippen LogP contribution >= 0.6 is 0 Å². The molecule has 0 N–H and O–H groups in total. The first-order chi connectivity index (χ1) is 8.42. The molecule has 6 heteroatoms. The van der Waals surface area contributed by atoms with Crippen LogP contribution in [0.2, 0.25) is 0 Å². The highest BCUT2D eigenvalue weighted by atomic mass is 32.2. The molecule has 0 aliphatic heterocycles. The van der Waals surface area contributed by atoms with Crippen LogP contribution in [-0.2, 0) is 16.4 Å². The Kier molecular flexibility index (Phi) is 5.07. The predicted octanol–water partition coefficient (Wildman–Crippen LogP) is 1.93. The van der Waals surface area contributed by atoms with Gasteiger partial charge in [0.15, 0.2) is 21.1 Å². The minimum absolute atomic E-state index is 0.0565. The van der Waals surface area contributed by atoms with Crippen LogP contribution in [0.3, 0.4) is 0 Å². The van der Waals surface area contributed by atoms with E-state index >= 15 is 0 Å². The first-order valence-corrected chi connectivity index (χ1v) is 7.81. The average molecular weight is 272 g/mol. The molecule has 1 aromatic heterocycles. The number of aryl methyl sites for hydroxylation is 1. The molecule has 0 fully saturated rings. The van der Waals surface area contributed by atoms with Gasteiger partial charge < -0.3 is 0 Å². The van der Waals surface area contributed by atoms with Gasteiger partial charge in [-0.15, -0.1) is 0 Å². The Morgan fingerprint density at radius 3 is 2.61 bits per heavy atom. The van der Waals surface area contributed by atoms with Crippen LogP contribution in [0.15, 0.2) is 11.2 Å². The standard InChI is InChI=1S/C12H20N2O3S/c1-4-6-14-12(11(9-15)8-13-14)18(16,17)7-5-10(2)3/h8-10H,4-7H2,1-3H3. The van der Waals surface area contributed by atoms with Crippen LogP contribution < -0.4 is 0 Å². The van der Waals surface area contributed by atoms with Crippen molar-refractivity contribution in [2.45, 2.75) is 45.2 Å². The van der Waals surface area contributed by atoms with Crippen LogP contribution in [0.1, 0.15) is 44.0 Å². The lowest BCUT2D eigenvalue weighted by atomic mass is 10.2. The van der Waals surface area contributed by atoms with Crippen molar-refractivity contribution in [2.24, 2.45) is 5.92 Å². The van der Waals surface area contributed by atoms with Crippen LogP contribution in [-0.4, -0.2) is 30.2 Å². The molecule has 5 nitrogen and oxygen atoms in total. The number of sulfone groups is 1. The lowest BCUT2D eigenvalue weighted by Gasteiger charge is -2.09. The molecule has 1 aromatic rings. The molecular formula is C12H20N2O3S. The van der Waals surface area contributed by atoms with Gasteiger partial charge >= 0.3 is 0 Å². The molecular weight excluding hydrogens is 252 g/mol. The summed E-state index contributed by atoms with van der Waals surface area (Å²) in [6.07, 6.45) is 3.23. The Morgan fingerprint density at radius 2 is 2.11 bits per heavy atom. The second kappa shape index (κ2) is 6.13. The molecule has 0 amide bonds. The predicted molar refractivity (Wildman–Crippen MR) is 69.4 cm³/mol. The van der Waals surface area contributed by atoms with Gasteiger partial charge in [-0.2, -0.15) is 5.10 Å². The molecule has 0 atom stereocenters. The van der Waals surface area contributed by atoms with E-state index in [-0.39, 0.29) is 16.3 Å². The molecule has 18 heavy (non-hydrogen) atoms. The first-order valence-electron chi connectivity index (χ1n) is 6.16. The topological polar surface area (TPSA) is 69.0 Å². The van der Waals surface area contributed by atoms with Gasteiger partial charge in [0.2, 0.25) is 0 Å². The number of aromatic nitrogens is 2. The third-order valence-corrected chi connectivity index (χ3v) is 4.45. The number of carbonyl (C=O) groups is 1. The highest BCUT2D eigenvalue weighted by molar-refractivity contribution is 7.91. The second-order valence-electron chi connectivity index (χ2n) is 4.75. The SMILES string of the molecule is CCCn1ncc(C=O)c1S(=O)(=O)CCC(C)C. The summed E-state index contributed by atoms with van der Waals surface area (Å²) < 4.78 is 25.9. The Bertz CT molecular complexity index is 503. The first kappa shape index (κ1) is 14.9. The Labute approximate surface area is 108 Å². The van der Waals surface area contributed by atoms with Gasteiger partial charge in [0, 0.05) is 6.54 Å². The molecule has 0 spiro atoms. The zero-order chi connectivity index (χ0) is 13.8. The van der Waals surface area contributed by atoms with Crippen LogP contribution in [0.5, 0.6) is 0 Å². The number of hydrogen-bond donors (Lipinski definition) is 0. The molecule has 0 aromatic carbocycles. The van der Waals surface area contributed by atoms with Crippen molar-refractivity contribution >= 4 is 16.1 Å². The van der Waals surface area contributed by atoms with Crippen molar-refractivity contribution in [1.29, 1.82) is 0 Å². The highest BCUT2D eigenvalue weighted by Gasteiger charge is 2.24. The van der Waals surface area contributed by atoms with Crippen molar-refractivity contribution in [1.82, 2.24) is 9.78 Å². The molecule has 0 saturated carbocycles. The van der Waals surface area contributed by atoms with E-state index in [1.165, 1.54) is 10.9 Å². The van der Waals surface area contributed by atoms with Crippen molar-refractivity contribution in [3.05, 3.63) is 11.8 Å². The number of carbonyl (C=O) groups excluding carboxylic acids is 1. The van der Waals surface area contributed by atoms with Crippen LogP contribution in [0.25, 0.3) is 0 Å². The third-order valence-electron chi connectivity index (χ3n) is 2.64. The third kappa shape index (κ3) is 3.41. The van der Waals surface area contributed by atoms with Crippen molar-refractivity contribution in [2.75, 3.05) is 5.75 Å². The van der Waals surface area contributed by atoms with Crippen molar-refractivity contribution in [3.63, 3.8) is 0 Å². The van der Waals surface area contributed by atoms with Crippen molar-refractivity contribution < 1.29 is 13.2 Å². The molecule has 0 saturated heterocycles. The Balaban J connectivity index is 3.12. The molecule has 0 aliphatic rings. The minimum Gasteiger partial charge on any atom is -0.298 e. The molecule has 0 radical (unpaired) electrons. The fourth-order valence-corrected chi connectivity index (χ4v) is 3.56. The van der Waals surface area contributed by atoms with Gasteiger partial charge in [0.1, 0.15) is 0 Å². The van der Waals surface area contributed by atoms with Gasteiger partial charge in [-0.05, 0) is 18.8 Å². The smallest absolute Gasteiger partial charge is 0.196 e. The van der Waals surface area contributed by atoms with Gasteiger partial charge in [-0.3, -0.25) is 9.48 Å². The highest BCUT2D eigenvalue weighted by Crippen LogP contribution is 2.18. The molecule has 0 unspecified atom stereocenters. The summed E-state index contributed by atoms with van der Waals surface area (Å²) in [5.74, 6) is 0.364. The maximum atomic E-state index is 12.3. The number of hydrogen-bond acceptors (Lipinski definition) is 4. The zero-order valence-electron chi connectivity index (χ0n) is 11.1. The van der Waals surface area contributed by atoms with Gasteiger partial charge in [-0.1, -0.05) is 20.8 Å². The quantitative estimate of drug-likeness (QED) is 0.711. The normalized spacial score (nSPS) is 12.0. The molecule has 1 rings (SSSR count). The average Bonchev–Trinajstić information content (AvgIpc) is 2.71. The second-order valence-corrected chi connectivity index (χ2v) is 6.77. The molecule has 0 aliphatic carbocycles. The number of rotatable bonds is 7. The lowest BCUT2D eigenvalue weighted by molar-refractivity contribution is 0.112. The van der Waals surface area contributed by atoms with Gasteiger partial charge in [-0.25, -0.2) is 8.42 Å². The molecule has 102 valence electrons. The van der Waals surface area contributed by atoms with Crippen LogP contribution in [0.4, 0.5) is 0 Å². The summed E-state index contributed by atoms with van der Waals surface area (Å²) in [7, 11) is -3.44. The van der Waals surface area contributed by atoms with E-state index in [1.807, 2.05) is 20.8 Å². The minimum atomic E-state index is -3.44.